The summed E-state index contributed by atoms with van der Waals surface area (Å²) >= 11 is 0. The van der Waals surface area contributed by atoms with Crippen molar-refractivity contribution < 1.29 is 9.53 Å². The highest BCUT2D eigenvalue weighted by atomic mass is 16.5. The van der Waals surface area contributed by atoms with Crippen molar-refractivity contribution in [2.24, 2.45) is 11.5 Å². The molecule has 0 radical (unpaired) electrons. The van der Waals surface area contributed by atoms with Crippen molar-refractivity contribution >= 4 is 6.09 Å². The fraction of sp³-hybridized carbons (Fsp3) is 0.364. The Hall–Kier alpha value is -1.55. The third kappa shape index (κ3) is 4.46. The molecule has 0 aliphatic rings. The van der Waals surface area contributed by atoms with Crippen molar-refractivity contribution in [2.45, 2.75) is 18.9 Å². The minimum atomic E-state index is -0.733. The van der Waals surface area contributed by atoms with Crippen molar-refractivity contribution in [1.29, 1.82) is 0 Å². The van der Waals surface area contributed by atoms with E-state index < -0.39 is 6.09 Å². The SMILES string of the molecule is NC(=O)OCCCC(N)c1ccccc1. The van der Waals surface area contributed by atoms with E-state index in [4.69, 9.17) is 11.5 Å². The lowest BCUT2D eigenvalue weighted by Gasteiger charge is -2.11. The molecule has 1 aromatic rings. The second-order valence-corrected chi connectivity index (χ2v) is 3.33. The lowest BCUT2D eigenvalue weighted by molar-refractivity contribution is 0.154. The third-order valence-corrected chi connectivity index (χ3v) is 2.13. The van der Waals surface area contributed by atoms with Crippen LogP contribution in [0, 0.1) is 0 Å². The summed E-state index contributed by atoms with van der Waals surface area (Å²) in [6, 6.07) is 9.82. The number of carbonyl (C=O) groups is 1. The summed E-state index contributed by atoms with van der Waals surface area (Å²) in [6.45, 7) is 0.329. The van der Waals surface area contributed by atoms with Crippen LogP contribution >= 0.6 is 0 Å². The van der Waals surface area contributed by atoms with Crippen molar-refractivity contribution in [2.75, 3.05) is 6.61 Å². The fourth-order valence-electron chi connectivity index (χ4n) is 1.34. The average molecular weight is 208 g/mol. The number of amides is 1. The van der Waals surface area contributed by atoms with Gasteiger partial charge in [0, 0.05) is 6.04 Å². The van der Waals surface area contributed by atoms with E-state index in [0.717, 1.165) is 18.4 Å². The van der Waals surface area contributed by atoms with E-state index in [1.165, 1.54) is 0 Å². The molecule has 0 spiro atoms. The summed E-state index contributed by atoms with van der Waals surface area (Å²) in [7, 11) is 0. The Bertz CT molecular complexity index is 301. The van der Waals surface area contributed by atoms with Gasteiger partial charge in [0.2, 0.25) is 0 Å². The zero-order chi connectivity index (χ0) is 11.1. The summed E-state index contributed by atoms with van der Waals surface area (Å²) < 4.78 is 4.61. The van der Waals surface area contributed by atoms with Gasteiger partial charge in [-0.3, -0.25) is 0 Å². The highest BCUT2D eigenvalue weighted by Crippen LogP contribution is 2.14. The maximum absolute atomic E-state index is 10.3. The van der Waals surface area contributed by atoms with E-state index in [1.54, 1.807) is 0 Å². The van der Waals surface area contributed by atoms with Crippen LogP contribution in [0.15, 0.2) is 30.3 Å². The zero-order valence-corrected chi connectivity index (χ0v) is 8.56. The Balaban J connectivity index is 2.25. The van der Waals surface area contributed by atoms with Crippen LogP contribution in [-0.2, 0) is 4.74 Å². The zero-order valence-electron chi connectivity index (χ0n) is 8.56. The Morgan fingerprint density at radius 1 is 1.33 bits per heavy atom. The molecule has 1 unspecified atom stereocenters. The maximum atomic E-state index is 10.3. The van der Waals surface area contributed by atoms with Crippen molar-refractivity contribution in [1.82, 2.24) is 0 Å². The lowest BCUT2D eigenvalue weighted by atomic mass is 10.0. The molecule has 15 heavy (non-hydrogen) atoms. The van der Waals surface area contributed by atoms with Gasteiger partial charge >= 0.3 is 6.09 Å². The molecular weight excluding hydrogens is 192 g/mol. The number of hydrogen-bond donors (Lipinski definition) is 2. The van der Waals surface area contributed by atoms with Crippen LogP contribution in [0.5, 0.6) is 0 Å². The van der Waals surface area contributed by atoms with Crippen LogP contribution in [0.1, 0.15) is 24.4 Å². The van der Waals surface area contributed by atoms with Crippen LogP contribution in [0.25, 0.3) is 0 Å². The lowest BCUT2D eigenvalue weighted by Crippen LogP contribution is -2.15. The normalized spacial score (nSPS) is 12.1. The average Bonchev–Trinajstić information content (AvgIpc) is 2.25. The Morgan fingerprint density at radius 3 is 2.60 bits per heavy atom. The van der Waals surface area contributed by atoms with E-state index in [9.17, 15) is 4.79 Å². The molecule has 0 aliphatic heterocycles. The first-order valence-electron chi connectivity index (χ1n) is 4.93. The standard InChI is InChI=1S/C11H16N2O2/c12-10(7-4-8-15-11(13)14)9-5-2-1-3-6-9/h1-3,5-6,10H,4,7-8,12H2,(H2,13,14). The summed E-state index contributed by atoms with van der Waals surface area (Å²) in [6.07, 6.45) is 0.763. The van der Waals surface area contributed by atoms with Gasteiger partial charge in [0.05, 0.1) is 6.61 Å². The molecule has 1 aromatic carbocycles. The molecule has 0 heterocycles. The molecule has 0 saturated heterocycles. The summed E-state index contributed by atoms with van der Waals surface area (Å²) in [5.41, 5.74) is 11.9. The van der Waals surface area contributed by atoms with Crippen LogP contribution in [0.3, 0.4) is 0 Å². The van der Waals surface area contributed by atoms with Gasteiger partial charge in [-0.1, -0.05) is 30.3 Å². The summed E-state index contributed by atoms with van der Waals surface area (Å²) in [5, 5.41) is 0. The second-order valence-electron chi connectivity index (χ2n) is 3.33. The molecule has 4 N–H and O–H groups in total. The summed E-state index contributed by atoms with van der Waals surface area (Å²) in [4.78, 5) is 10.3. The van der Waals surface area contributed by atoms with Crippen LogP contribution in [0.2, 0.25) is 0 Å². The van der Waals surface area contributed by atoms with Gasteiger partial charge in [0.15, 0.2) is 0 Å². The second kappa shape index (κ2) is 6.03. The predicted molar refractivity (Wildman–Crippen MR) is 58.1 cm³/mol. The molecule has 0 aliphatic carbocycles. The quantitative estimate of drug-likeness (QED) is 0.721. The number of carbonyl (C=O) groups excluding carboxylic acids is 1. The van der Waals surface area contributed by atoms with E-state index in [-0.39, 0.29) is 6.04 Å². The first kappa shape index (κ1) is 11.5. The van der Waals surface area contributed by atoms with Gasteiger partial charge in [0.25, 0.3) is 0 Å². The van der Waals surface area contributed by atoms with E-state index in [0.29, 0.717) is 6.61 Å². The topological polar surface area (TPSA) is 78.3 Å². The van der Waals surface area contributed by atoms with E-state index in [1.807, 2.05) is 30.3 Å². The third-order valence-electron chi connectivity index (χ3n) is 2.13. The predicted octanol–water partition coefficient (Wildman–Crippen LogP) is 1.56. The van der Waals surface area contributed by atoms with E-state index >= 15 is 0 Å². The van der Waals surface area contributed by atoms with Gasteiger partial charge in [0.1, 0.15) is 0 Å². The van der Waals surface area contributed by atoms with Crippen LogP contribution in [-0.4, -0.2) is 12.7 Å². The molecule has 4 heteroatoms. The minimum absolute atomic E-state index is 0.0114. The molecule has 82 valence electrons. The molecule has 1 amide bonds. The molecule has 0 saturated carbocycles. The molecule has 0 fully saturated rings. The molecule has 1 atom stereocenters. The maximum Gasteiger partial charge on any atom is 0.404 e. The number of primary amides is 1. The number of rotatable bonds is 5. The number of benzene rings is 1. The first-order valence-corrected chi connectivity index (χ1v) is 4.93. The smallest absolute Gasteiger partial charge is 0.404 e. The highest BCUT2D eigenvalue weighted by molar-refractivity contribution is 5.64. The Kier molecular flexibility index (Phi) is 4.63. The van der Waals surface area contributed by atoms with Crippen LogP contribution in [0.4, 0.5) is 4.79 Å². The molecule has 4 nitrogen and oxygen atoms in total. The monoisotopic (exact) mass is 208 g/mol. The number of nitrogens with two attached hydrogens (primary N) is 2. The minimum Gasteiger partial charge on any atom is -0.450 e. The largest absolute Gasteiger partial charge is 0.450 e. The fourth-order valence-corrected chi connectivity index (χ4v) is 1.34. The molecule has 0 aromatic heterocycles. The Labute approximate surface area is 89.2 Å². The van der Waals surface area contributed by atoms with Crippen molar-refractivity contribution in [3.8, 4) is 0 Å². The van der Waals surface area contributed by atoms with Crippen LogP contribution < -0.4 is 11.5 Å². The number of hydrogen-bond acceptors (Lipinski definition) is 3. The first-order chi connectivity index (χ1) is 7.20. The Morgan fingerprint density at radius 2 is 2.00 bits per heavy atom. The van der Waals surface area contributed by atoms with Gasteiger partial charge in [-0.2, -0.15) is 0 Å². The van der Waals surface area contributed by atoms with Gasteiger partial charge in [-0.25, -0.2) is 4.79 Å². The molecular formula is C11H16N2O2. The van der Waals surface area contributed by atoms with Crippen molar-refractivity contribution in [3.05, 3.63) is 35.9 Å². The van der Waals surface area contributed by atoms with Crippen molar-refractivity contribution in [3.63, 3.8) is 0 Å². The summed E-state index contributed by atoms with van der Waals surface area (Å²) in [5.74, 6) is 0. The molecule has 1 rings (SSSR count). The highest BCUT2D eigenvalue weighted by Gasteiger charge is 2.04. The number of ether oxygens (including phenoxy) is 1. The molecule has 0 bridgehead atoms. The van der Waals surface area contributed by atoms with Gasteiger partial charge in [-0.05, 0) is 18.4 Å². The van der Waals surface area contributed by atoms with Gasteiger partial charge in [-0.15, -0.1) is 0 Å². The van der Waals surface area contributed by atoms with Gasteiger partial charge < -0.3 is 16.2 Å². The van der Waals surface area contributed by atoms with E-state index in [2.05, 4.69) is 4.74 Å².